The first kappa shape index (κ1) is 5.90. The molecule has 2 saturated carbocycles. The van der Waals surface area contributed by atoms with Crippen LogP contribution in [0.25, 0.3) is 0 Å². The van der Waals surface area contributed by atoms with Gasteiger partial charge in [-0.25, -0.2) is 0 Å². The molecule has 0 aromatic carbocycles. The van der Waals surface area contributed by atoms with E-state index < -0.39 is 0 Å². The van der Waals surface area contributed by atoms with E-state index in [4.69, 9.17) is 0 Å². The van der Waals surface area contributed by atoms with Crippen molar-refractivity contribution in [3.63, 3.8) is 0 Å². The first-order valence-corrected chi connectivity index (χ1v) is 4.37. The molecule has 2 bridgehead atoms. The van der Waals surface area contributed by atoms with E-state index in [9.17, 15) is 4.79 Å². The molecule has 2 heteroatoms. The van der Waals surface area contributed by atoms with Crippen LogP contribution in [0.5, 0.6) is 0 Å². The number of carbonyl (C=O) groups is 1. The zero-order valence-corrected chi connectivity index (χ0v) is 6.73. The summed E-state index contributed by atoms with van der Waals surface area (Å²) in [4.78, 5) is 11.5. The van der Waals surface area contributed by atoms with Crippen LogP contribution in [0.4, 0.5) is 0 Å². The maximum atomic E-state index is 11.0. The lowest BCUT2D eigenvalue weighted by molar-refractivity contribution is -0.121. The number of hydrogen-bond donors (Lipinski definition) is 0. The molecule has 0 saturated heterocycles. The van der Waals surface area contributed by atoms with Crippen LogP contribution in [0, 0.1) is 11.8 Å². The summed E-state index contributed by atoms with van der Waals surface area (Å²) in [7, 11) is 0. The van der Waals surface area contributed by atoms with Gasteiger partial charge < -0.3 is 0 Å². The Kier molecular flexibility index (Phi) is 1.19. The number of alkyl halides is 1. The van der Waals surface area contributed by atoms with Gasteiger partial charge in [-0.05, 0) is 18.8 Å². The molecule has 1 nitrogen and oxygen atoms in total. The smallest absolute Gasteiger partial charge is 0.137 e. The van der Waals surface area contributed by atoms with Crippen LogP contribution >= 0.6 is 15.9 Å². The average molecular weight is 189 g/mol. The van der Waals surface area contributed by atoms with E-state index >= 15 is 0 Å². The van der Waals surface area contributed by atoms with Crippen molar-refractivity contribution in [1.29, 1.82) is 0 Å². The minimum atomic E-state index is 0.384. The van der Waals surface area contributed by atoms with Crippen molar-refractivity contribution in [3.8, 4) is 0 Å². The number of fused-ring (bicyclic) bond motifs is 2. The third kappa shape index (κ3) is 0.689. The largest absolute Gasteiger partial charge is 0.299 e. The van der Waals surface area contributed by atoms with Gasteiger partial charge >= 0.3 is 0 Å². The second-order valence-electron chi connectivity index (χ2n) is 3.06. The zero-order chi connectivity index (χ0) is 6.43. The molecule has 0 radical (unpaired) electrons. The summed E-state index contributed by atoms with van der Waals surface area (Å²) >= 11 is 3.55. The van der Waals surface area contributed by atoms with E-state index in [2.05, 4.69) is 15.9 Å². The van der Waals surface area contributed by atoms with Gasteiger partial charge in [0.05, 0.1) is 0 Å². The van der Waals surface area contributed by atoms with Crippen LogP contribution in [0.3, 0.4) is 0 Å². The molecule has 0 aromatic heterocycles. The molecule has 0 heterocycles. The van der Waals surface area contributed by atoms with Crippen molar-refractivity contribution in [2.24, 2.45) is 11.8 Å². The minimum absolute atomic E-state index is 0.384. The Labute approximate surface area is 62.9 Å². The summed E-state index contributed by atoms with van der Waals surface area (Å²) in [5.41, 5.74) is 0. The maximum Gasteiger partial charge on any atom is 0.137 e. The second-order valence-corrected chi connectivity index (χ2v) is 4.12. The molecule has 3 atom stereocenters. The lowest BCUT2D eigenvalue weighted by Gasteiger charge is -2.04. The Balaban J connectivity index is 2.26. The van der Waals surface area contributed by atoms with Gasteiger partial charge in [-0.3, -0.25) is 4.79 Å². The topological polar surface area (TPSA) is 17.1 Å². The molecular weight excluding hydrogens is 180 g/mol. The molecule has 0 unspecified atom stereocenters. The van der Waals surface area contributed by atoms with Crippen molar-refractivity contribution >= 4 is 21.7 Å². The molecule has 2 aliphatic rings. The molecule has 9 heavy (non-hydrogen) atoms. The summed E-state index contributed by atoms with van der Waals surface area (Å²) in [5, 5.41) is 0. The fourth-order valence-electron chi connectivity index (χ4n) is 2.00. The molecule has 2 rings (SSSR count). The van der Waals surface area contributed by atoms with Crippen molar-refractivity contribution in [2.75, 3.05) is 0 Å². The van der Waals surface area contributed by atoms with Crippen molar-refractivity contribution in [2.45, 2.75) is 24.1 Å². The first-order chi connectivity index (χ1) is 4.29. The number of hydrogen-bond acceptors (Lipinski definition) is 1. The van der Waals surface area contributed by atoms with E-state index in [0.717, 1.165) is 12.8 Å². The van der Waals surface area contributed by atoms with Crippen LogP contribution in [0.1, 0.15) is 19.3 Å². The Morgan fingerprint density at radius 3 is 2.44 bits per heavy atom. The van der Waals surface area contributed by atoms with Gasteiger partial charge in [0.1, 0.15) is 5.78 Å². The molecule has 0 aromatic rings. The van der Waals surface area contributed by atoms with Gasteiger partial charge in [0.2, 0.25) is 0 Å². The first-order valence-electron chi connectivity index (χ1n) is 3.46. The quantitative estimate of drug-likeness (QED) is 0.530. The number of ketones is 1. The normalized spacial score (nSPS) is 48.6. The number of rotatable bonds is 0. The van der Waals surface area contributed by atoms with Crippen LogP contribution < -0.4 is 0 Å². The maximum absolute atomic E-state index is 11.0. The van der Waals surface area contributed by atoms with Gasteiger partial charge in [0.15, 0.2) is 0 Å². The van der Waals surface area contributed by atoms with E-state index in [1.165, 1.54) is 6.42 Å². The fraction of sp³-hybridized carbons (Fsp3) is 0.857. The molecule has 2 fully saturated rings. The number of carbonyl (C=O) groups excluding carboxylic acids is 1. The van der Waals surface area contributed by atoms with Crippen LogP contribution in [0.2, 0.25) is 0 Å². The molecular formula is C7H9BrO. The minimum Gasteiger partial charge on any atom is -0.299 e. The van der Waals surface area contributed by atoms with Crippen molar-refractivity contribution in [3.05, 3.63) is 0 Å². The standard InChI is InChI=1S/C7H9BrO/c8-7-4-1-2-5(7)6(9)3-4/h4-5,7H,1-3H2/t4-,5+,7+/m0/s1. The average Bonchev–Trinajstić information content (AvgIpc) is 2.25. The Bertz CT molecular complexity index is 155. The van der Waals surface area contributed by atoms with E-state index in [0.29, 0.717) is 22.4 Å². The molecule has 0 N–H and O–H groups in total. The second kappa shape index (κ2) is 1.82. The van der Waals surface area contributed by atoms with E-state index in [1.54, 1.807) is 0 Å². The lowest BCUT2D eigenvalue weighted by atomic mass is 10.00. The Hall–Kier alpha value is 0.150. The molecule has 50 valence electrons. The van der Waals surface area contributed by atoms with Gasteiger partial charge in [0, 0.05) is 17.2 Å². The molecule has 2 aliphatic carbocycles. The van der Waals surface area contributed by atoms with Gasteiger partial charge in [-0.2, -0.15) is 0 Å². The number of Topliss-reactive ketones (excluding diaryl/α,β-unsaturated/α-hetero) is 1. The van der Waals surface area contributed by atoms with Crippen LogP contribution in [0.15, 0.2) is 0 Å². The summed E-state index contributed by atoms with van der Waals surface area (Å²) in [6.07, 6.45) is 3.26. The monoisotopic (exact) mass is 188 g/mol. The molecule has 0 aliphatic heterocycles. The number of halogens is 1. The van der Waals surface area contributed by atoms with Gasteiger partial charge in [-0.1, -0.05) is 15.9 Å². The third-order valence-electron chi connectivity index (χ3n) is 2.56. The zero-order valence-electron chi connectivity index (χ0n) is 5.14. The summed E-state index contributed by atoms with van der Waals surface area (Å²) < 4.78 is 0. The Morgan fingerprint density at radius 2 is 2.22 bits per heavy atom. The predicted octanol–water partition coefficient (Wildman–Crippen LogP) is 1.75. The lowest BCUT2D eigenvalue weighted by Crippen LogP contribution is -2.10. The highest BCUT2D eigenvalue weighted by molar-refractivity contribution is 9.09. The highest BCUT2D eigenvalue weighted by atomic mass is 79.9. The SMILES string of the molecule is O=C1C[C@@H]2CC[C@H]1[C@@H]2Br. The highest BCUT2D eigenvalue weighted by Crippen LogP contribution is 2.46. The summed E-state index contributed by atoms with van der Waals surface area (Å²) in [5.74, 6) is 1.56. The van der Waals surface area contributed by atoms with E-state index in [1.807, 2.05) is 0 Å². The van der Waals surface area contributed by atoms with Crippen LogP contribution in [-0.4, -0.2) is 10.6 Å². The van der Waals surface area contributed by atoms with Crippen molar-refractivity contribution in [1.82, 2.24) is 0 Å². The van der Waals surface area contributed by atoms with E-state index in [-0.39, 0.29) is 0 Å². The van der Waals surface area contributed by atoms with Crippen LogP contribution in [-0.2, 0) is 4.79 Å². The third-order valence-corrected chi connectivity index (χ3v) is 3.95. The predicted molar refractivity (Wildman–Crippen MR) is 38.6 cm³/mol. The van der Waals surface area contributed by atoms with Crippen molar-refractivity contribution < 1.29 is 4.79 Å². The van der Waals surface area contributed by atoms with Gasteiger partial charge in [0.25, 0.3) is 0 Å². The molecule has 0 amide bonds. The molecule has 0 spiro atoms. The summed E-state index contributed by atoms with van der Waals surface area (Å²) in [6, 6.07) is 0. The Morgan fingerprint density at radius 1 is 1.44 bits per heavy atom. The highest BCUT2D eigenvalue weighted by Gasteiger charge is 2.45. The van der Waals surface area contributed by atoms with Gasteiger partial charge in [-0.15, -0.1) is 0 Å². The summed E-state index contributed by atoms with van der Waals surface area (Å²) in [6.45, 7) is 0. The fourth-order valence-corrected chi connectivity index (χ4v) is 3.01.